The van der Waals surface area contributed by atoms with Crippen LogP contribution in [0.25, 0.3) is 151 Å². The first kappa shape index (κ1) is 39.8. The molecule has 0 atom stereocenters. The van der Waals surface area contributed by atoms with Crippen LogP contribution in [-0.4, -0.2) is 9.97 Å². The fourth-order valence-corrected chi connectivity index (χ4v) is 15.5. The molecule has 2 aromatic heterocycles. The molecule has 0 fully saturated rings. The van der Waals surface area contributed by atoms with E-state index in [0.717, 1.165) is 48.0 Å². The van der Waals surface area contributed by atoms with E-state index in [-0.39, 0.29) is 0 Å². The predicted molar refractivity (Wildman–Crippen MR) is 322 cm³/mol. The third-order valence-electron chi connectivity index (χ3n) is 18.4. The monoisotopic (exact) mass is 962 g/mol. The summed E-state index contributed by atoms with van der Waals surface area (Å²) in [7, 11) is 0. The average Bonchev–Trinajstić information content (AvgIpc) is 4.19. The molecule has 4 heterocycles. The Morgan fingerprint density at radius 2 is 0.447 bits per heavy atom. The van der Waals surface area contributed by atoms with Gasteiger partial charge in [0.05, 0.1) is 11.0 Å². The molecule has 0 N–H and O–H groups in total. The van der Waals surface area contributed by atoms with E-state index in [9.17, 15) is 0 Å². The second kappa shape index (κ2) is 14.1. The number of anilines is 2. The molecule has 4 heteroatoms. The second-order valence-corrected chi connectivity index (χ2v) is 21.7. The Labute approximate surface area is 434 Å². The summed E-state index contributed by atoms with van der Waals surface area (Å²) in [4.78, 5) is 15.5. The molecule has 350 valence electrons. The van der Waals surface area contributed by atoms with E-state index in [2.05, 4.69) is 204 Å². The van der Waals surface area contributed by atoms with Crippen molar-refractivity contribution >= 4 is 162 Å². The van der Waals surface area contributed by atoms with Gasteiger partial charge in [-0.2, -0.15) is 0 Å². The Bertz CT molecular complexity index is 4880. The highest BCUT2D eigenvalue weighted by molar-refractivity contribution is 6.45. The van der Waals surface area contributed by atoms with Crippen LogP contribution >= 0.6 is 0 Å². The molecule has 0 radical (unpaired) electrons. The number of hydrogen-bond acceptors (Lipinski definition) is 4. The minimum absolute atomic E-state index is 0.820. The van der Waals surface area contributed by atoms with Crippen LogP contribution in [0.4, 0.5) is 11.4 Å². The highest BCUT2D eigenvalue weighted by Crippen LogP contribution is 2.53. The van der Waals surface area contributed by atoms with E-state index in [1.165, 1.54) is 163 Å². The third kappa shape index (κ3) is 4.83. The van der Waals surface area contributed by atoms with E-state index in [1.54, 1.807) is 0 Å². The number of benzene rings is 15. The molecule has 0 spiro atoms. The van der Waals surface area contributed by atoms with Crippen molar-refractivity contribution in [2.75, 3.05) is 9.80 Å². The standard InChI is InChI=1S/C72H42N4/c1-5-17-43-39(13-1)40-14-2-6-18-44(40)64-54-26-10-22-48-58-36-75(35-57(58)47-21-9-25-53(63(43)64)67(47)68(48)54)61-31-33-73-71-51(61)29-30-52-62(32-34-74-72(52)71)76-37-59-49-23-11-27-55-65-45-19-7-3-15-41(45)42-16-4-8-20-46(42)66(65)56-28-12-24-50(60(59)38-76)70(56)69(49)55/h1-34H,35-38H2. The summed E-state index contributed by atoms with van der Waals surface area (Å²) >= 11 is 0. The van der Waals surface area contributed by atoms with Crippen LogP contribution in [0.15, 0.2) is 207 Å². The zero-order chi connectivity index (χ0) is 49.1. The molecule has 17 aromatic rings. The predicted octanol–water partition coefficient (Wildman–Crippen LogP) is 18.5. The normalized spacial score (nSPS) is 14.1. The Balaban J connectivity index is 0.760. The van der Waals surface area contributed by atoms with Crippen molar-refractivity contribution < 1.29 is 0 Å². The van der Waals surface area contributed by atoms with Crippen molar-refractivity contribution in [1.82, 2.24) is 9.97 Å². The molecule has 2 aliphatic rings. The maximum absolute atomic E-state index is 5.17. The number of rotatable bonds is 2. The summed E-state index contributed by atoms with van der Waals surface area (Å²) in [6.07, 6.45) is 4.01. The van der Waals surface area contributed by atoms with Gasteiger partial charge >= 0.3 is 0 Å². The van der Waals surface area contributed by atoms with Crippen LogP contribution < -0.4 is 9.80 Å². The van der Waals surface area contributed by atoms with Crippen LogP contribution in [-0.2, 0) is 26.2 Å². The SMILES string of the molecule is c1ccc2c(c1)c1ccccc1c1c3cccc4c5c(c6cccc(c6c43)c21)CN(c1ccnc2c1ccc1c(N3Cc4c(c6cccc7c6c6c4cccc6c4c6ccccc6c6ccccc6c74)C3)ccnc12)C5. The first-order valence-corrected chi connectivity index (χ1v) is 26.8. The minimum atomic E-state index is 0.820. The largest absolute Gasteiger partial charge is 0.362 e. The number of hydrogen-bond donors (Lipinski definition) is 0. The Kier molecular flexibility index (Phi) is 7.41. The van der Waals surface area contributed by atoms with Gasteiger partial charge in [-0.3, -0.25) is 9.97 Å². The van der Waals surface area contributed by atoms with Gasteiger partial charge in [0.2, 0.25) is 0 Å². The first-order valence-electron chi connectivity index (χ1n) is 26.8. The molecular weight excluding hydrogens is 921 g/mol. The zero-order valence-electron chi connectivity index (χ0n) is 41.2. The van der Waals surface area contributed by atoms with Gasteiger partial charge in [0.15, 0.2) is 0 Å². The molecule has 0 amide bonds. The number of fused-ring (bicyclic) bond motifs is 25. The van der Waals surface area contributed by atoms with Gasteiger partial charge in [0, 0.05) is 60.7 Å². The molecule has 2 aliphatic heterocycles. The summed E-state index contributed by atoms with van der Waals surface area (Å²) in [6.45, 7) is 3.28. The van der Waals surface area contributed by atoms with E-state index in [4.69, 9.17) is 9.97 Å². The van der Waals surface area contributed by atoms with Gasteiger partial charge in [-0.15, -0.1) is 0 Å². The Morgan fingerprint density at radius 3 is 0.737 bits per heavy atom. The Morgan fingerprint density at radius 1 is 0.211 bits per heavy atom. The molecule has 4 nitrogen and oxygen atoms in total. The Hall–Kier alpha value is -9.64. The number of nitrogens with zero attached hydrogens (tertiary/aromatic N) is 4. The van der Waals surface area contributed by atoms with Gasteiger partial charge < -0.3 is 9.80 Å². The lowest BCUT2D eigenvalue weighted by Gasteiger charge is -2.22. The molecule has 76 heavy (non-hydrogen) atoms. The lowest BCUT2D eigenvalue weighted by Crippen LogP contribution is -2.16. The summed E-state index contributed by atoms with van der Waals surface area (Å²) < 4.78 is 0. The molecule has 0 saturated heterocycles. The van der Waals surface area contributed by atoms with Crippen LogP contribution in [0.3, 0.4) is 0 Å². The maximum atomic E-state index is 5.17. The van der Waals surface area contributed by atoms with Gasteiger partial charge in [0.1, 0.15) is 0 Å². The molecule has 15 aromatic carbocycles. The van der Waals surface area contributed by atoms with Crippen LogP contribution in [0.2, 0.25) is 0 Å². The fraction of sp³-hybridized carbons (Fsp3) is 0.0556. The molecule has 0 unspecified atom stereocenters. The summed E-state index contributed by atoms with van der Waals surface area (Å²) in [5.74, 6) is 0. The van der Waals surface area contributed by atoms with Crippen molar-refractivity contribution in [3.63, 3.8) is 0 Å². The summed E-state index contributed by atoms with van der Waals surface area (Å²) in [6, 6.07) is 73.3. The second-order valence-electron chi connectivity index (χ2n) is 21.7. The van der Waals surface area contributed by atoms with Crippen LogP contribution in [0, 0.1) is 0 Å². The van der Waals surface area contributed by atoms with Gasteiger partial charge in [-0.25, -0.2) is 0 Å². The van der Waals surface area contributed by atoms with Crippen LogP contribution in [0.5, 0.6) is 0 Å². The van der Waals surface area contributed by atoms with Gasteiger partial charge in [-0.1, -0.05) is 170 Å². The highest BCUT2D eigenvalue weighted by atomic mass is 15.2. The summed E-state index contributed by atoms with van der Waals surface area (Å²) in [5, 5.41) is 34.6. The maximum Gasteiger partial charge on any atom is 0.0986 e. The molecule has 0 saturated carbocycles. The topological polar surface area (TPSA) is 32.3 Å². The van der Waals surface area contributed by atoms with E-state index < -0.39 is 0 Å². The molecular formula is C72H42N4. The molecule has 0 aliphatic carbocycles. The van der Waals surface area contributed by atoms with Crippen LogP contribution in [0.1, 0.15) is 22.3 Å². The van der Waals surface area contributed by atoms with Crippen molar-refractivity contribution in [2.45, 2.75) is 26.2 Å². The highest BCUT2D eigenvalue weighted by Gasteiger charge is 2.32. The van der Waals surface area contributed by atoms with E-state index in [0.29, 0.717) is 0 Å². The van der Waals surface area contributed by atoms with Gasteiger partial charge in [-0.05, 0) is 176 Å². The van der Waals surface area contributed by atoms with Crippen molar-refractivity contribution in [3.8, 4) is 0 Å². The minimum Gasteiger partial charge on any atom is -0.362 e. The third-order valence-corrected chi connectivity index (χ3v) is 18.4. The lowest BCUT2D eigenvalue weighted by atomic mass is 9.82. The first-order chi connectivity index (χ1) is 37.7. The molecule has 0 bridgehead atoms. The van der Waals surface area contributed by atoms with Crippen molar-refractivity contribution in [1.29, 1.82) is 0 Å². The fourth-order valence-electron chi connectivity index (χ4n) is 15.5. The van der Waals surface area contributed by atoms with Gasteiger partial charge in [0.25, 0.3) is 0 Å². The average molecular weight is 963 g/mol. The summed E-state index contributed by atoms with van der Waals surface area (Å²) in [5.41, 5.74) is 10.00. The molecule has 19 rings (SSSR count). The lowest BCUT2D eigenvalue weighted by molar-refractivity contribution is 0.887. The van der Waals surface area contributed by atoms with E-state index in [1.807, 2.05) is 12.4 Å². The smallest absolute Gasteiger partial charge is 0.0986 e. The van der Waals surface area contributed by atoms with E-state index >= 15 is 0 Å². The number of pyridine rings is 2. The van der Waals surface area contributed by atoms with Crippen molar-refractivity contribution in [3.05, 3.63) is 229 Å². The quantitative estimate of drug-likeness (QED) is 0.128. The van der Waals surface area contributed by atoms with Crippen molar-refractivity contribution in [2.24, 2.45) is 0 Å². The zero-order valence-corrected chi connectivity index (χ0v) is 41.2. The number of aromatic nitrogens is 2.